The molecule has 2 nitrogen and oxygen atoms in total. The largest absolute Gasteiger partial charge is 0.360 e. The van der Waals surface area contributed by atoms with Crippen LogP contribution in [0.4, 0.5) is 5.69 Å². The summed E-state index contributed by atoms with van der Waals surface area (Å²) in [6.45, 7) is 11.3. The minimum Gasteiger partial charge on any atom is -0.360 e. The molecule has 2 N–H and O–H groups in total. The van der Waals surface area contributed by atoms with Gasteiger partial charge in [0, 0.05) is 11.7 Å². The number of rotatable bonds is 2. The molecule has 0 aromatic heterocycles. The first kappa shape index (κ1) is 16.3. The molecule has 1 aromatic rings. The van der Waals surface area contributed by atoms with Crippen molar-refractivity contribution in [1.82, 2.24) is 5.32 Å². The molecular formula is C18H28N2S. The molecule has 0 bridgehead atoms. The van der Waals surface area contributed by atoms with E-state index < -0.39 is 0 Å². The van der Waals surface area contributed by atoms with Gasteiger partial charge in [0.25, 0.3) is 0 Å². The van der Waals surface area contributed by atoms with Crippen LogP contribution in [-0.2, 0) is 0 Å². The van der Waals surface area contributed by atoms with Crippen molar-refractivity contribution in [3.63, 3.8) is 0 Å². The van der Waals surface area contributed by atoms with E-state index in [-0.39, 0.29) is 0 Å². The molecule has 0 amide bonds. The zero-order valence-electron chi connectivity index (χ0n) is 13.9. The molecule has 0 radical (unpaired) electrons. The standard InChI is InChI=1S/C18H28N2S/c1-12-9-15(11-18(4,5)10-12)19-17(21)20-16-13(2)7-6-8-14(16)3/h6-8,12,15H,9-11H2,1-5H3,(H2,19,20,21)/t12-,15+/m1/s1. The fourth-order valence-electron chi connectivity index (χ4n) is 3.80. The van der Waals surface area contributed by atoms with E-state index in [1.165, 1.54) is 30.4 Å². The molecule has 21 heavy (non-hydrogen) atoms. The van der Waals surface area contributed by atoms with Crippen LogP contribution < -0.4 is 10.6 Å². The van der Waals surface area contributed by atoms with E-state index in [4.69, 9.17) is 12.2 Å². The highest BCUT2D eigenvalue weighted by Gasteiger charge is 2.32. The van der Waals surface area contributed by atoms with E-state index in [1.54, 1.807) is 0 Å². The van der Waals surface area contributed by atoms with Crippen molar-refractivity contribution in [2.75, 3.05) is 5.32 Å². The summed E-state index contributed by atoms with van der Waals surface area (Å²) in [5.74, 6) is 0.759. The SMILES string of the molecule is Cc1cccc(C)c1NC(=S)N[C@H]1C[C@@H](C)CC(C)(C)C1. The number of para-hydroxylation sites is 1. The molecule has 1 fully saturated rings. The van der Waals surface area contributed by atoms with Crippen molar-refractivity contribution >= 4 is 23.0 Å². The molecular weight excluding hydrogens is 276 g/mol. The van der Waals surface area contributed by atoms with E-state index >= 15 is 0 Å². The number of hydrogen-bond donors (Lipinski definition) is 2. The van der Waals surface area contributed by atoms with Gasteiger partial charge >= 0.3 is 0 Å². The van der Waals surface area contributed by atoms with Gasteiger partial charge in [-0.25, -0.2) is 0 Å². The van der Waals surface area contributed by atoms with Crippen LogP contribution in [0, 0.1) is 25.2 Å². The molecule has 1 saturated carbocycles. The van der Waals surface area contributed by atoms with Gasteiger partial charge in [-0.1, -0.05) is 39.0 Å². The second-order valence-corrected chi connectivity index (χ2v) is 7.88. The maximum absolute atomic E-state index is 5.53. The van der Waals surface area contributed by atoms with Gasteiger partial charge in [0.05, 0.1) is 0 Å². The summed E-state index contributed by atoms with van der Waals surface area (Å²) in [6, 6.07) is 6.79. The Morgan fingerprint density at radius 2 is 1.81 bits per heavy atom. The van der Waals surface area contributed by atoms with Crippen molar-refractivity contribution in [1.29, 1.82) is 0 Å². The van der Waals surface area contributed by atoms with Crippen molar-refractivity contribution in [3.8, 4) is 0 Å². The lowest BCUT2D eigenvalue weighted by Crippen LogP contribution is -2.44. The van der Waals surface area contributed by atoms with Gasteiger partial charge in [-0.05, 0) is 67.8 Å². The number of hydrogen-bond acceptors (Lipinski definition) is 1. The van der Waals surface area contributed by atoms with Crippen LogP contribution >= 0.6 is 12.2 Å². The van der Waals surface area contributed by atoms with Crippen molar-refractivity contribution < 1.29 is 0 Å². The Kier molecular flexibility index (Phi) is 4.92. The van der Waals surface area contributed by atoms with E-state index in [2.05, 4.69) is 63.5 Å². The highest BCUT2D eigenvalue weighted by Crippen LogP contribution is 2.38. The van der Waals surface area contributed by atoms with Gasteiger partial charge in [0.1, 0.15) is 0 Å². The van der Waals surface area contributed by atoms with Crippen molar-refractivity contribution in [2.24, 2.45) is 11.3 Å². The predicted molar refractivity (Wildman–Crippen MR) is 95.9 cm³/mol. The highest BCUT2D eigenvalue weighted by molar-refractivity contribution is 7.80. The zero-order chi connectivity index (χ0) is 15.6. The lowest BCUT2D eigenvalue weighted by molar-refractivity contribution is 0.162. The number of thiocarbonyl (C=S) groups is 1. The molecule has 116 valence electrons. The van der Waals surface area contributed by atoms with Crippen LogP contribution in [0.1, 0.15) is 51.2 Å². The predicted octanol–water partition coefficient (Wildman–Crippen LogP) is 4.80. The number of aryl methyl sites for hydroxylation is 2. The van der Waals surface area contributed by atoms with E-state index in [0.29, 0.717) is 11.5 Å². The van der Waals surface area contributed by atoms with Gasteiger partial charge in [-0.2, -0.15) is 0 Å². The van der Waals surface area contributed by atoms with Crippen molar-refractivity contribution in [2.45, 2.75) is 59.9 Å². The average molecular weight is 305 g/mol. The summed E-state index contributed by atoms with van der Waals surface area (Å²) in [4.78, 5) is 0. The van der Waals surface area contributed by atoms with E-state index in [1.807, 2.05) is 0 Å². The molecule has 1 aromatic carbocycles. The minimum absolute atomic E-state index is 0.406. The molecule has 0 heterocycles. The summed E-state index contributed by atoms with van der Waals surface area (Å²) >= 11 is 5.53. The molecule has 2 rings (SSSR count). The fourth-order valence-corrected chi connectivity index (χ4v) is 4.07. The maximum Gasteiger partial charge on any atom is 0.171 e. The third-order valence-corrected chi connectivity index (χ3v) is 4.66. The molecule has 1 aliphatic rings. The Bertz CT molecular complexity index is 502. The second-order valence-electron chi connectivity index (χ2n) is 7.48. The molecule has 3 heteroatoms. The maximum atomic E-state index is 5.53. The van der Waals surface area contributed by atoms with Gasteiger partial charge in [0.15, 0.2) is 5.11 Å². The summed E-state index contributed by atoms with van der Waals surface area (Å²) in [5, 5.41) is 7.67. The molecule has 0 spiro atoms. The van der Waals surface area contributed by atoms with Gasteiger partial charge in [0.2, 0.25) is 0 Å². The Morgan fingerprint density at radius 1 is 1.19 bits per heavy atom. The third-order valence-electron chi connectivity index (χ3n) is 4.44. The van der Waals surface area contributed by atoms with Crippen LogP contribution in [-0.4, -0.2) is 11.2 Å². The number of anilines is 1. The van der Waals surface area contributed by atoms with E-state index in [9.17, 15) is 0 Å². The Labute approximate surface area is 134 Å². The zero-order valence-corrected chi connectivity index (χ0v) is 14.7. The number of benzene rings is 1. The molecule has 2 atom stereocenters. The Hall–Kier alpha value is -1.09. The quantitative estimate of drug-likeness (QED) is 0.767. The minimum atomic E-state index is 0.406. The van der Waals surface area contributed by atoms with Crippen LogP contribution in [0.3, 0.4) is 0 Å². The average Bonchev–Trinajstić information content (AvgIpc) is 2.31. The Morgan fingerprint density at radius 3 is 2.38 bits per heavy atom. The molecule has 0 aliphatic heterocycles. The van der Waals surface area contributed by atoms with Crippen molar-refractivity contribution in [3.05, 3.63) is 29.3 Å². The molecule has 1 aliphatic carbocycles. The van der Waals surface area contributed by atoms with Crippen LogP contribution in [0.25, 0.3) is 0 Å². The fraction of sp³-hybridized carbons (Fsp3) is 0.611. The molecule has 0 unspecified atom stereocenters. The normalized spacial score (nSPS) is 24.4. The highest BCUT2D eigenvalue weighted by atomic mass is 32.1. The first-order chi connectivity index (χ1) is 9.77. The summed E-state index contributed by atoms with van der Waals surface area (Å²) < 4.78 is 0. The summed E-state index contributed by atoms with van der Waals surface area (Å²) in [7, 11) is 0. The number of nitrogens with one attached hydrogen (secondary N) is 2. The van der Waals surface area contributed by atoms with Crippen LogP contribution in [0.2, 0.25) is 0 Å². The lowest BCUT2D eigenvalue weighted by atomic mass is 9.71. The first-order valence-electron chi connectivity index (χ1n) is 7.90. The van der Waals surface area contributed by atoms with E-state index in [0.717, 1.165) is 16.7 Å². The van der Waals surface area contributed by atoms with Gasteiger partial charge < -0.3 is 10.6 Å². The summed E-state index contributed by atoms with van der Waals surface area (Å²) in [5.41, 5.74) is 4.01. The van der Waals surface area contributed by atoms with Crippen LogP contribution in [0.5, 0.6) is 0 Å². The van der Waals surface area contributed by atoms with Gasteiger partial charge in [-0.3, -0.25) is 0 Å². The van der Waals surface area contributed by atoms with Crippen LogP contribution in [0.15, 0.2) is 18.2 Å². The molecule has 0 saturated heterocycles. The summed E-state index contributed by atoms with van der Waals surface area (Å²) in [6.07, 6.45) is 3.70. The topological polar surface area (TPSA) is 24.1 Å². The second kappa shape index (κ2) is 6.35. The smallest absolute Gasteiger partial charge is 0.171 e. The lowest BCUT2D eigenvalue weighted by Gasteiger charge is -2.39. The first-order valence-corrected chi connectivity index (χ1v) is 8.31. The third kappa shape index (κ3) is 4.44. The monoisotopic (exact) mass is 304 g/mol. The van der Waals surface area contributed by atoms with Gasteiger partial charge in [-0.15, -0.1) is 0 Å². The Balaban J connectivity index is 1.99.